The average Bonchev–Trinajstić information content (AvgIpc) is 2.17. The lowest BCUT2D eigenvalue weighted by molar-refractivity contribution is 0.126. The molecule has 16 heavy (non-hydrogen) atoms. The van der Waals surface area contributed by atoms with Gasteiger partial charge in [0.25, 0.3) is 0 Å². The molecule has 1 atom stereocenters. The molecule has 0 aliphatic carbocycles. The number of hydrogen-bond acceptors (Lipinski definition) is 1. The Morgan fingerprint density at radius 1 is 1.19 bits per heavy atom. The van der Waals surface area contributed by atoms with Gasteiger partial charge in [-0.2, -0.15) is 0 Å². The molecule has 0 saturated carbocycles. The molecule has 0 aliphatic heterocycles. The van der Waals surface area contributed by atoms with Gasteiger partial charge >= 0.3 is 0 Å². The standard InChI is InChI=1S/C11H16BF2OP/c1-5-7(13)6(12)8(14)9(10(5)16)15-11(2,3)4/h12,16H2,1-4H3. The van der Waals surface area contributed by atoms with Crippen LogP contribution in [0.3, 0.4) is 0 Å². The topological polar surface area (TPSA) is 9.23 Å². The third-order valence-electron chi connectivity index (χ3n) is 2.24. The fourth-order valence-corrected chi connectivity index (χ4v) is 1.67. The van der Waals surface area contributed by atoms with Crippen LogP contribution in [0.1, 0.15) is 26.3 Å². The van der Waals surface area contributed by atoms with Crippen molar-refractivity contribution in [1.29, 1.82) is 0 Å². The zero-order valence-electron chi connectivity index (χ0n) is 10.2. The molecule has 0 aromatic heterocycles. The first kappa shape index (κ1) is 13.4. The zero-order valence-corrected chi connectivity index (χ0v) is 11.4. The van der Waals surface area contributed by atoms with Gasteiger partial charge in [-0.15, -0.1) is 9.24 Å². The molecule has 0 amide bonds. The molecule has 0 N–H and O–H groups in total. The van der Waals surface area contributed by atoms with E-state index in [1.165, 1.54) is 7.85 Å². The smallest absolute Gasteiger partial charge is 0.162 e. The summed E-state index contributed by atoms with van der Waals surface area (Å²) in [6.45, 7) is 7.08. The molecule has 1 nitrogen and oxygen atoms in total. The monoisotopic (exact) mass is 244 g/mol. The van der Waals surface area contributed by atoms with E-state index in [0.717, 1.165) is 0 Å². The van der Waals surface area contributed by atoms with Crippen molar-refractivity contribution < 1.29 is 13.5 Å². The summed E-state index contributed by atoms with van der Waals surface area (Å²) in [4.78, 5) is 0. The maximum Gasteiger partial charge on any atom is 0.162 e. The molecule has 88 valence electrons. The van der Waals surface area contributed by atoms with Crippen LogP contribution in [0.25, 0.3) is 0 Å². The van der Waals surface area contributed by atoms with E-state index in [1.807, 2.05) is 20.8 Å². The van der Waals surface area contributed by atoms with Crippen LogP contribution in [0.15, 0.2) is 0 Å². The zero-order chi connectivity index (χ0) is 12.7. The van der Waals surface area contributed by atoms with Gasteiger partial charge in [0.15, 0.2) is 11.6 Å². The number of rotatable bonds is 1. The van der Waals surface area contributed by atoms with Crippen molar-refractivity contribution in [1.82, 2.24) is 0 Å². The van der Waals surface area contributed by atoms with Gasteiger partial charge in [-0.1, -0.05) is 0 Å². The molecule has 1 aromatic rings. The Kier molecular flexibility index (Phi) is 3.64. The Morgan fingerprint density at radius 3 is 2.12 bits per heavy atom. The van der Waals surface area contributed by atoms with E-state index < -0.39 is 17.2 Å². The third-order valence-corrected chi connectivity index (χ3v) is 2.94. The maximum absolute atomic E-state index is 13.9. The number of hydrogen-bond donors (Lipinski definition) is 0. The molecular weight excluding hydrogens is 228 g/mol. The first-order valence-electron chi connectivity index (χ1n) is 5.07. The van der Waals surface area contributed by atoms with E-state index in [2.05, 4.69) is 9.24 Å². The molecule has 1 rings (SSSR count). The summed E-state index contributed by atoms with van der Waals surface area (Å²) < 4.78 is 32.9. The molecule has 0 bridgehead atoms. The van der Waals surface area contributed by atoms with E-state index in [4.69, 9.17) is 4.74 Å². The Hall–Kier alpha value is -0.625. The minimum atomic E-state index is -0.622. The Morgan fingerprint density at radius 2 is 1.69 bits per heavy atom. The fourth-order valence-electron chi connectivity index (χ4n) is 1.36. The highest BCUT2D eigenvalue weighted by atomic mass is 31.0. The van der Waals surface area contributed by atoms with Crippen LogP contribution in [-0.4, -0.2) is 13.4 Å². The Balaban J connectivity index is 3.40. The quantitative estimate of drug-likeness (QED) is 0.533. The Labute approximate surface area is 98.2 Å². The van der Waals surface area contributed by atoms with Gasteiger partial charge < -0.3 is 4.74 Å². The van der Waals surface area contributed by atoms with Crippen molar-refractivity contribution in [2.45, 2.75) is 33.3 Å². The predicted octanol–water partition coefficient (Wildman–Crippen LogP) is 1.21. The second-order valence-electron chi connectivity index (χ2n) is 4.84. The van der Waals surface area contributed by atoms with Gasteiger partial charge in [0.05, 0.1) is 0 Å². The van der Waals surface area contributed by atoms with E-state index in [-0.39, 0.29) is 11.2 Å². The van der Waals surface area contributed by atoms with Crippen LogP contribution < -0.4 is 15.5 Å². The Bertz CT molecular complexity index is 398. The molecular formula is C11H16BF2OP. The second kappa shape index (κ2) is 4.33. The molecule has 0 saturated heterocycles. The maximum atomic E-state index is 13.9. The van der Waals surface area contributed by atoms with Gasteiger partial charge in [0.2, 0.25) is 0 Å². The lowest BCUT2D eigenvalue weighted by Crippen LogP contribution is -2.30. The average molecular weight is 244 g/mol. The fraction of sp³-hybridized carbons (Fsp3) is 0.455. The van der Waals surface area contributed by atoms with Gasteiger partial charge in [-0.05, 0) is 38.7 Å². The number of benzene rings is 1. The van der Waals surface area contributed by atoms with Crippen LogP contribution in [0.5, 0.6) is 5.75 Å². The summed E-state index contributed by atoms with van der Waals surface area (Å²) in [7, 11) is 3.75. The van der Waals surface area contributed by atoms with Gasteiger partial charge in [-0.25, -0.2) is 8.78 Å². The SMILES string of the molecule is Bc1c(F)c(C)c(P)c(OC(C)(C)C)c1F. The van der Waals surface area contributed by atoms with E-state index in [0.29, 0.717) is 10.9 Å². The van der Waals surface area contributed by atoms with Crippen LogP contribution in [0.4, 0.5) is 8.78 Å². The highest BCUT2D eigenvalue weighted by molar-refractivity contribution is 7.28. The highest BCUT2D eigenvalue weighted by Crippen LogP contribution is 2.23. The van der Waals surface area contributed by atoms with Gasteiger partial charge in [0.1, 0.15) is 19.3 Å². The van der Waals surface area contributed by atoms with Crippen molar-refractivity contribution in [2.24, 2.45) is 0 Å². The normalized spacial score (nSPS) is 11.7. The van der Waals surface area contributed by atoms with Crippen LogP contribution in [0, 0.1) is 18.6 Å². The summed E-state index contributed by atoms with van der Waals surface area (Å²) in [5, 5.41) is 0.440. The summed E-state index contributed by atoms with van der Waals surface area (Å²) in [5.74, 6) is -1.01. The first-order chi connectivity index (χ1) is 7.15. The third kappa shape index (κ3) is 2.54. The van der Waals surface area contributed by atoms with Gasteiger partial charge in [0, 0.05) is 5.30 Å². The van der Waals surface area contributed by atoms with E-state index in [9.17, 15) is 8.78 Å². The molecule has 0 radical (unpaired) electrons. The highest BCUT2D eigenvalue weighted by Gasteiger charge is 2.22. The van der Waals surface area contributed by atoms with E-state index in [1.54, 1.807) is 6.92 Å². The second-order valence-corrected chi connectivity index (χ2v) is 5.41. The van der Waals surface area contributed by atoms with Crippen molar-refractivity contribution in [3.8, 4) is 5.75 Å². The van der Waals surface area contributed by atoms with Crippen LogP contribution in [0.2, 0.25) is 0 Å². The van der Waals surface area contributed by atoms with Crippen molar-refractivity contribution in [3.05, 3.63) is 17.2 Å². The summed E-state index contributed by atoms with van der Waals surface area (Å²) >= 11 is 0. The van der Waals surface area contributed by atoms with Gasteiger partial charge in [-0.3, -0.25) is 0 Å². The van der Waals surface area contributed by atoms with Crippen molar-refractivity contribution in [2.75, 3.05) is 0 Å². The lowest BCUT2D eigenvalue weighted by atomic mass is 9.92. The lowest BCUT2D eigenvalue weighted by Gasteiger charge is -2.24. The molecule has 5 heteroatoms. The van der Waals surface area contributed by atoms with Crippen LogP contribution >= 0.6 is 9.24 Å². The molecule has 0 fully saturated rings. The minimum absolute atomic E-state index is 0.00273. The van der Waals surface area contributed by atoms with Crippen molar-refractivity contribution in [3.63, 3.8) is 0 Å². The first-order valence-corrected chi connectivity index (χ1v) is 5.65. The molecule has 1 aromatic carbocycles. The minimum Gasteiger partial charge on any atom is -0.484 e. The predicted molar refractivity (Wildman–Crippen MR) is 69.0 cm³/mol. The molecule has 0 aliphatic rings. The van der Waals surface area contributed by atoms with Crippen molar-refractivity contribution >= 4 is 27.9 Å². The molecule has 1 unspecified atom stereocenters. The molecule has 0 spiro atoms. The largest absolute Gasteiger partial charge is 0.484 e. The number of ether oxygens (including phenoxy) is 1. The van der Waals surface area contributed by atoms with E-state index >= 15 is 0 Å². The summed E-state index contributed by atoms with van der Waals surface area (Å²) in [6, 6.07) is 0. The van der Waals surface area contributed by atoms with Crippen LogP contribution in [-0.2, 0) is 0 Å². The summed E-state index contributed by atoms with van der Waals surface area (Å²) in [6.07, 6.45) is 0. The number of halogens is 2. The molecule has 0 heterocycles. The summed E-state index contributed by atoms with van der Waals surface area (Å²) in [5.41, 5.74) is -0.103.